The number of hydrogen-bond donors (Lipinski definition) is 1. The molecule has 34 heavy (non-hydrogen) atoms. The standard InChI is InChI=1S/C31H24ClNO/c32-23-12-10-20-11-13-25-24(27(20)19-23)14-15-26-28(25)17-22(31(34)21-7-3-1-4-8-21)18-29(26)30-9-5-2-6-16-33-30/h1-10,12-17,19,22,29,33H,11,18H2. The van der Waals surface area contributed by atoms with E-state index in [4.69, 9.17) is 11.6 Å². The van der Waals surface area contributed by atoms with E-state index in [-0.39, 0.29) is 17.6 Å². The van der Waals surface area contributed by atoms with Crippen molar-refractivity contribution in [2.24, 2.45) is 5.92 Å². The molecule has 0 aromatic heterocycles. The zero-order valence-electron chi connectivity index (χ0n) is 18.7. The maximum absolute atomic E-state index is 13.6. The molecule has 0 spiro atoms. The van der Waals surface area contributed by atoms with Crippen LogP contribution in [0, 0.1) is 5.92 Å². The number of Topliss-reactive ketones (excluding diaryl/α,β-unsaturated/α-hetero) is 1. The molecular formula is C31H24ClNO. The summed E-state index contributed by atoms with van der Waals surface area (Å²) in [5.74, 6) is 0.0809. The third kappa shape index (κ3) is 3.65. The Morgan fingerprint density at radius 3 is 2.68 bits per heavy atom. The molecule has 1 aliphatic heterocycles. The van der Waals surface area contributed by atoms with Crippen LogP contribution in [0.4, 0.5) is 0 Å². The quantitative estimate of drug-likeness (QED) is 0.509. The number of carbonyl (C=O) groups is 1. The van der Waals surface area contributed by atoms with Gasteiger partial charge in [0.15, 0.2) is 5.78 Å². The topological polar surface area (TPSA) is 29.1 Å². The average Bonchev–Trinajstić information content (AvgIpc) is 3.17. The van der Waals surface area contributed by atoms with Crippen LogP contribution < -0.4 is 15.8 Å². The Labute approximate surface area is 204 Å². The molecule has 0 radical (unpaired) electrons. The minimum Gasteiger partial charge on any atom is -0.364 e. The third-order valence-corrected chi connectivity index (χ3v) is 7.29. The van der Waals surface area contributed by atoms with E-state index in [9.17, 15) is 4.79 Å². The lowest BCUT2D eigenvalue weighted by atomic mass is 9.75. The highest BCUT2D eigenvalue weighted by Gasteiger charge is 2.31. The Morgan fingerprint density at radius 2 is 1.79 bits per heavy atom. The second-order valence-electron chi connectivity index (χ2n) is 9.04. The molecule has 1 heterocycles. The first-order valence-electron chi connectivity index (χ1n) is 11.7. The predicted octanol–water partition coefficient (Wildman–Crippen LogP) is 5.67. The molecule has 0 bridgehead atoms. The Morgan fingerprint density at radius 1 is 0.912 bits per heavy atom. The molecule has 2 aliphatic carbocycles. The van der Waals surface area contributed by atoms with Gasteiger partial charge in [0, 0.05) is 34.3 Å². The summed E-state index contributed by atoms with van der Waals surface area (Å²) < 4.78 is 0. The molecule has 3 aromatic rings. The molecule has 2 unspecified atom stereocenters. The van der Waals surface area contributed by atoms with Crippen LogP contribution in [-0.2, 0) is 6.42 Å². The van der Waals surface area contributed by atoms with E-state index in [2.05, 4.69) is 53.9 Å². The minimum atomic E-state index is -0.195. The number of allylic oxidation sites excluding steroid dienone is 5. The highest BCUT2D eigenvalue weighted by molar-refractivity contribution is 6.30. The van der Waals surface area contributed by atoms with Gasteiger partial charge in [0.2, 0.25) is 0 Å². The van der Waals surface area contributed by atoms with Crippen molar-refractivity contribution in [1.82, 2.24) is 5.32 Å². The number of nitrogens with one attached hydrogen (secondary N) is 1. The van der Waals surface area contributed by atoms with Gasteiger partial charge >= 0.3 is 0 Å². The molecule has 2 atom stereocenters. The zero-order chi connectivity index (χ0) is 23.1. The van der Waals surface area contributed by atoms with Crippen molar-refractivity contribution in [3.05, 3.63) is 129 Å². The van der Waals surface area contributed by atoms with E-state index in [1.807, 2.05) is 54.8 Å². The fourth-order valence-electron chi connectivity index (χ4n) is 5.42. The second-order valence-corrected chi connectivity index (χ2v) is 9.48. The fraction of sp³-hybridized carbons (Fsp3) is 0.129. The summed E-state index contributed by atoms with van der Waals surface area (Å²) in [5, 5.41) is 6.59. The first-order valence-corrected chi connectivity index (χ1v) is 12.1. The maximum Gasteiger partial charge on any atom is 0.169 e. The van der Waals surface area contributed by atoms with Crippen LogP contribution in [0.2, 0.25) is 5.02 Å². The van der Waals surface area contributed by atoms with Crippen molar-refractivity contribution in [2.75, 3.05) is 0 Å². The molecule has 3 aromatic carbocycles. The first-order chi connectivity index (χ1) is 16.7. The molecule has 0 saturated heterocycles. The van der Waals surface area contributed by atoms with Gasteiger partial charge in [-0.1, -0.05) is 84.4 Å². The molecule has 3 heteroatoms. The summed E-state index contributed by atoms with van der Waals surface area (Å²) in [6, 6.07) is 20.2. The number of ketones is 1. The molecule has 0 fully saturated rings. The molecule has 3 aliphatic rings. The Balaban J connectivity index is 1.56. The van der Waals surface area contributed by atoms with Crippen LogP contribution >= 0.6 is 11.6 Å². The molecule has 166 valence electrons. The van der Waals surface area contributed by atoms with Gasteiger partial charge < -0.3 is 5.32 Å². The van der Waals surface area contributed by atoms with Gasteiger partial charge in [-0.2, -0.15) is 0 Å². The molecular weight excluding hydrogens is 438 g/mol. The highest BCUT2D eigenvalue weighted by Crippen LogP contribution is 2.35. The normalized spacial score (nSPS) is 19.9. The summed E-state index contributed by atoms with van der Waals surface area (Å²) in [6.07, 6.45) is 16.3. The predicted molar refractivity (Wildman–Crippen MR) is 140 cm³/mol. The molecule has 0 saturated carbocycles. The summed E-state index contributed by atoms with van der Waals surface area (Å²) >= 11 is 6.37. The lowest BCUT2D eigenvalue weighted by Gasteiger charge is -2.30. The van der Waals surface area contributed by atoms with Crippen molar-refractivity contribution in [2.45, 2.75) is 18.8 Å². The summed E-state index contributed by atoms with van der Waals surface area (Å²) in [5.41, 5.74) is 6.80. The van der Waals surface area contributed by atoms with Crippen LogP contribution in [0.15, 0.2) is 96.9 Å². The van der Waals surface area contributed by atoms with Crippen LogP contribution in [0.25, 0.3) is 23.3 Å². The minimum absolute atomic E-state index is 0.101. The van der Waals surface area contributed by atoms with Crippen molar-refractivity contribution >= 4 is 29.5 Å². The van der Waals surface area contributed by atoms with Gasteiger partial charge in [-0.3, -0.25) is 4.79 Å². The van der Waals surface area contributed by atoms with Gasteiger partial charge in [-0.05, 0) is 69.8 Å². The van der Waals surface area contributed by atoms with Crippen molar-refractivity contribution in [3.8, 4) is 11.1 Å². The van der Waals surface area contributed by atoms with Crippen molar-refractivity contribution < 1.29 is 4.79 Å². The third-order valence-electron chi connectivity index (χ3n) is 7.06. The van der Waals surface area contributed by atoms with Crippen LogP contribution in [0.1, 0.15) is 33.8 Å². The van der Waals surface area contributed by atoms with Crippen molar-refractivity contribution in [1.29, 1.82) is 0 Å². The number of hydrogen-bond acceptors (Lipinski definition) is 2. The van der Waals surface area contributed by atoms with Crippen LogP contribution in [-0.4, -0.2) is 5.78 Å². The number of rotatable bonds is 3. The van der Waals surface area contributed by atoms with Gasteiger partial charge in [-0.25, -0.2) is 0 Å². The van der Waals surface area contributed by atoms with E-state index in [1.165, 1.54) is 32.7 Å². The van der Waals surface area contributed by atoms with Gasteiger partial charge in [-0.15, -0.1) is 0 Å². The van der Waals surface area contributed by atoms with Gasteiger partial charge in [0.1, 0.15) is 0 Å². The molecule has 0 amide bonds. The molecule has 2 nitrogen and oxygen atoms in total. The molecule has 6 rings (SSSR count). The highest BCUT2D eigenvalue weighted by atomic mass is 35.5. The Kier molecular flexibility index (Phi) is 5.31. The van der Waals surface area contributed by atoms with E-state index in [0.717, 1.165) is 29.1 Å². The summed E-state index contributed by atoms with van der Waals surface area (Å²) in [4.78, 5) is 13.6. The summed E-state index contributed by atoms with van der Waals surface area (Å²) in [7, 11) is 0. The lowest BCUT2D eigenvalue weighted by molar-refractivity contribution is 0.0944. The van der Waals surface area contributed by atoms with Gasteiger partial charge in [0.05, 0.1) is 0 Å². The zero-order valence-corrected chi connectivity index (χ0v) is 19.4. The number of benzene rings is 3. The Bertz CT molecular complexity index is 1510. The molecule has 1 N–H and O–H groups in total. The first kappa shape index (κ1) is 20.9. The van der Waals surface area contributed by atoms with Crippen molar-refractivity contribution in [3.63, 3.8) is 0 Å². The summed E-state index contributed by atoms with van der Waals surface area (Å²) in [6.45, 7) is 0. The van der Waals surface area contributed by atoms with E-state index < -0.39 is 0 Å². The lowest BCUT2D eigenvalue weighted by Crippen LogP contribution is -2.39. The Hall–Kier alpha value is -3.62. The number of carbonyl (C=O) groups excluding carboxylic acids is 1. The average molecular weight is 462 g/mol. The maximum atomic E-state index is 13.6. The van der Waals surface area contributed by atoms with E-state index >= 15 is 0 Å². The monoisotopic (exact) mass is 461 g/mol. The largest absolute Gasteiger partial charge is 0.364 e. The SMILES string of the molecule is O=C(c1ccccc1)C1C=c2c(ccc3c2=CCc2ccc(Cl)cc2-3)C(C2=CC=CC=CN2)C1. The number of halogens is 1. The fourth-order valence-corrected chi connectivity index (χ4v) is 5.59. The van der Waals surface area contributed by atoms with E-state index in [0.29, 0.717) is 0 Å². The smallest absolute Gasteiger partial charge is 0.169 e. The van der Waals surface area contributed by atoms with Crippen LogP contribution in [0.5, 0.6) is 0 Å². The number of fused-ring (bicyclic) bond motifs is 5. The second kappa shape index (κ2) is 8.62. The van der Waals surface area contributed by atoms with E-state index in [1.54, 1.807) is 0 Å². The van der Waals surface area contributed by atoms with Crippen LogP contribution in [0.3, 0.4) is 0 Å². The van der Waals surface area contributed by atoms with Gasteiger partial charge in [0.25, 0.3) is 0 Å².